The second-order valence-electron chi connectivity index (χ2n) is 2.57. The molecule has 0 bridgehead atoms. The van der Waals surface area contributed by atoms with E-state index in [2.05, 4.69) is 23.6 Å². The first kappa shape index (κ1) is 6.94. The molecular formula is C12H8. The zero-order valence-electron chi connectivity index (χ0n) is 6.62. The average Bonchev–Trinajstić information content (AvgIpc) is 2.38. The summed E-state index contributed by atoms with van der Waals surface area (Å²) in [5, 5.41) is 0. The zero-order valence-corrected chi connectivity index (χ0v) is 6.62. The summed E-state index contributed by atoms with van der Waals surface area (Å²) < 4.78 is 0. The molecule has 56 valence electrons. The summed E-state index contributed by atoms with van der Waals surface area (Å²) in [5.41, 5.74) is 8.30. The van der Waals surface area contributed by atoms with Crippen LogP contribution in [0.2, 0.25) is 0 Å². The van der Waals surface area contributed by atoms with Gasteiger partial charge in [-0.1, -0.05) is 47.9 Å². The maximum absolute atomic E-state index is 3.08. The molecule has 0 saturated heterocycles. The Labute approximate surface area is 71.9 Å². The summed E-state index contributed by atoms with van der Waals surface area (Å²) in [4.78, 5) is 0. The highest BCUT2D eigenvalue weighted by Gasteiger charge is 1.98. The molecule has 0 N–H and O–H groups in total. The Hall–Kier alpha value is -1.74. The second kappa shape index (κ2) is 3.11. The van der Waals surface area contributed by atoms with Gasteiger partial charge in [0.2, 0.25) is 0 Å². The molecule has 0 atom stereocenters. The van der Waals surface area contributed by atoms with E-state index < -0.39 is 0 Å². The molecule has 0 spiro atoms. The van der Waals surface area contributed by atoms with E-state index >= 15 is 0 Å². The van der Waals surface area contributed by atoms with Crippen molar-refractivity contribution in [3.63, 3.8) is 0 Å². The van der Waals surface area contributed by atoms with Crippen molar-refractivity contribution >= 4 is 0 Å². The van der Waals surface area contributed by atoms with Crippen molar-refractivity contribution in [3.05, 3.63) is 71.2 Å². The summed E-state index contributed by atoms with van der Waals surface area (Å²) in [6.07, 6.45) is 16.0. The minimum absolute atomic E-state index is 1.09. The van der Waals surface area contributed by atoms with Crippen LogP contribution in [0.1, 0.15) is 0 Å². The Morgan fingerprint density at radius 2 is 1.92 bits per heavy atom. The Kier molecular flexibility index (Phi) is 1.80. The molecule has 0 unspecified atom stereocenters. The Morgan fingerprint density at radius 1 is 0.917 bits per heavy atom. The molecule has 0 radical (unpaired) electrons. The molecule has 0 nitrogen and oxygen atoms in total. The van der Waals surface area contributed by atoms with Crippen molar-refractivity contribution < 1.29 is 0 Å². The van der Waals surface area contributed by atoms with Crippen LogP contribution in [0, 0.1) is 0 Å². The third-order valence-corrected chi connectivity index (χ3v) is 1.73. The van der Waals surface area contributed by atoms with Gasteiger partial charge in [0.25, 0.3) is 0 Å². The summed E-state index contributed by atoms with van der Waals surface area (Å²) >= 11 is 0. The quantitative estimate of drug-likeness (QED) is 0.468. The second-order valence-corrected chi connectivity index (χ2v) is 2.57. The van der Waals surface area contributed by atoms with E-state index in [4.69, 9.17) is 0 Å². The van der Waals surface area contributed by atoms with E-state index in [0.717, 1.165) is 5.57 Å². The fourth-order valence-corrected chi connectivity index (χ4v) is 1.14. The highest BCUT2D eigenvalue weighted by molar-refractivity contribution is 5.51. The van der Waals surface area contributed by atoms with E-state index in [1.165, 1.54) is 5.57 Å². The van der Waals surface area contributed by atoms with Crippen LogP contribution < -0.4 is 0 Å². The van der Waals surface area contributed by atoms with Gasteiger partial charge >= 0.3 is 0 Å². The van der Waals surface area contributed by atoms with Gasteiger partial charge in [0.05, 0.1) is 0 Å². The number of allylic oxidation sites excluding steroid dienone is 10. The van der Waals surface area contributed by atoms with E-state index in [9.17, 15) is 0 Å². The lowest BCUT2D eigenvalue weighted by Gasteiger charge is -1.95. The van der Waals surface area contributed by atoms with Crippen LogP contribution in [0.25, 0.3) is 0 Å². The van der Waals surface area contributed by atoms with Crippen molar-refractivity contribution in [3.8, 4) is 0 Å². The first-order valence-electron chi connectivity index (χ1n) is 3.90. The predicted octanol–water partition coefficient (Wildman–Crippen LogP) is 2.85. The molecule has 2 aliphatic rings. The molecule has 0 heterocycles. The third-order valence-electron chi connectivity index (χ3n) is 1.73. The standard InChI is InChI=1S/C12H8/c1-3-7-11-9-5-2-6-10-12(11)8-4-1/h1-5,7-9H. The maximum Gasteiger partial charge on any atom is 0.0321 e. The monoisotopic (exact) mass is 152 g/mol. The molecule has 0 amide bonds. The van der Waals surface area contributed by atoms with Crippen molar-refractivity contribution in [1.82, 2.24) is 0 Å². The maximum atomic E-state index is 3.08. The topological polar surface area (TPSA) is 0 Å². The van der Waals surface area contributed by atoms with Crippen molar-refractivity contribution in [1.29, 1.82) is 0 Å². The summed E-state index contributed by atoms with van der Waals surface area (Å²) in [7, 11) is 0. The first-order chi connectivity index (χ1) is 5.97. The molecule has 2 aliphatic carbocycles. The Balaban J connectivity index is 2.61. The fraction of sp³-hybridized carbons (Fsp3) is 0. The van der Waals surface area contributed by atoms with Crippen LogP contribution in [-0.2, 0) is 0 Å². The van der Waals surface area contributed by atoms with Crippen molar-refractivity contribution in [2.24, 2.45) is 0 Å². The number of hydrogen-bond donors (Lipinski definition) is 0. The molecule has 0 aliphatic heterocycles. The SMILES string of the molecule is C1=C=C2C=CC=CC=C2C=CC=1. The van der Waals surface area contributed by atoms with E-state index in [-0.39, 0.29) is 0 Å². The van der Waals surface area contributed by atoms with Crippen LogP contribution in [0.3, 0.4) is 0 Å². The van der Waals surface area contributed by atoms with Gasteiger partial charge in [0, 0.05) is 5.57 Å². The smallest absolute Gasteiger partial charge is 0.0321 e. The summed E-state index contributed by atoms with van der Waals surface area (Å²) in [6.45, 7) is 0. The van der Waals surface area contributed by atoms with Gasteiger partial charge in [-0.2, -0.15) is 0 Å². The lowest BCUT2D eigenvalue weighted by molar-refractivity contribution is 1.58. The molecule has 0 saturated carbocycles. The number of rotatable bonds is 0. The van der Waals surface area contributed by atoms with Gasteiger partial charge in [-0.15, -0.1) is 0 Å². The first-order valence-corrected chi connectivity index (χ1v) is 3.90. The average molecular weight is 152 g/mol. The molecule has 0 heteroatoms. The normalized spacial score (nSPS) is 18.0. The van der Waals surface area contributed by atoms with Gasteiger partial charge in [0.1, 0.15) is 0 Å². The molecule has 0 aromatic carbocycles. The predicted molar refractivity (Wildman–Crippen MR) is 50.6 cm³/mol. The van der Waals surface area contributed by atoms with Crippen LogP contribution >= 0.6 is 0 Å². The number of fused-ring (bicyclic) bond motifs is 1. The van der Waals surface area contributed by atoms with Crippen molar-refractivity contribution in [2.75, 3.05) is 0 Å². The van der Waals surface area contributed by atoms with Gasteiger partial charge in [-0.3, -0.25) is 0 Å². The summed E-state index contributed by atoms with van der Waals surface area (Å²) in [5.74, 6) is 0. The van der Waals surface area contributed by atoms with Crippen LogP contribution in [-0.4, -0.2) is 0 Å². The van der Waals surface area contributed by atoms with E-state index in [1.807, 2.05) is 36.5 Å². The van der Waals surface area contributed by atoms with E-state index in [0.29, 0.717) is 0 Å². The highest BCUT2D eigenvalue weighted by Crippen LogP contribution is 2.15. The Bertz CT molecular complexity index is 399. The minimum atomic E-state index is 1.09. The lowest BCUT2D eigenvalue weighted by Crippen LogP contribution is -1.78. The van der Waals surface area contributed by atoms with Crippen LogP contribution in [0.15, 0.2) is 71.2 Å². The minimum Gasteiger partial charge on any atom is -0.0696 e. The largest absolute Gasteiger partial charge is 0.0696 e. The van der Waals surface area contributed by atoms with Crippen LogP contribution in [0.4, 0.5) is 0 Å². The van der Waals surface area contributed by atoms with Gasteiger partial charge < -0.3 is 0 Å². The highest BCUT2D eigenvalue weighted by atomic mass is 14.0. The summed E-state index contributed by atoms with van der Waals surface area (Å²) in [6, 6.07) is 0. The molecule has 0 aromatic rings. The third kappa shape index (κ3) is 1.31. The Morgan fingerprint density at radius 3 is 2.92 bits per heavy atom. The molecule has 2 rings (SSSR count). The molecular weight excluding hydrogens is 144 g/mol. The van der Waals surface area contributed by atoms with E-state index in [1.54, 1.807) is 0 Å². The van der Waals surface area contributed by atoms with Gasteiger partial charge in [-0.05, 0) is 17.7 Å². The van der Waals surface area contributed by atoms with Gasteiger partial charge in [0.15, 0.2) is 0 Å². The molecule has 12 heavy (non-hydrogen) atoms. The van der Waals surface area contributed by atoms with Crippen molar-refractivity contribution in [2.45, 2.75) is 0 Å². The fourth-order valence-electron chi connectivity index (χ4n) is 1.14. The molecule has 0 aromatic heterocycles. The molecule has 0 fully saturated rings. The number of hydrogen-bond acceptors (Lipinski definition) is 0. The lowest BCUT2D eigenvalue weighted by atomic mass is 10.1. The zero-order chi connectivity index (χ0) is 8.23. The van der Waals surface area contributed by atoms with Crippen LogP contribution in [0.5, 0.6) is 0 Å². The van der Waals surface area contributed by atoms with Gasteiger partial charge in [-0.25, -0.2) is 0 Å².